The Balaban J connectivity index is 1.60. The van der Waals surface area contributed by atoms with Gasteiger partial charge < -0.3 is 10.1 Å². The Hall–Kier alpha value is -3.07. The van der Waals surface area contributed by atoms with Crippen molar-refractivity contribution in [3.63, 3.8) is 0 Å². The number of hydrogen-bond acceptors (Lipinski definition) is 4. The number of aromatic nitrogens is 3. The predicted molar refractivity (Wildman–Crippen MR) is 108 cm³/mol. The second kappa shape index (κ2) is 8.22. The minimum Gasteiger partial charge on any atom is -0.481 e. The van der Waals surface area contributed by atoms with Crippen molar-refractivity contribution in [1.29, 1.82) is 0 Å². The van der Waals surface area contributed by atoms with Gasteiger partial charge in [0.25, 0.3) is 5.91 Å². The Bertz CT molecular complexity index is 1130. The molecule has 0 fully saturated rings. The molecule has 4 rings (SSSR count). The van der Waals surface area contributed by atoms with E-state index in [1.54, 1.807) is 23.0 Å². The Morgan fingerprint density at radius 3 is 2.81 bits per heavy atom. The molecule has 31 heavy (non-hydrogen) atoms. The van der Waals surface area contributed by atoms with Gasteiger partial charge in [0, 0.05) is 35.0 Å². The Labute approximate surface area is 181 Å². The van der Waals surface area contributed by atoms with Crippen LogP contribution in [0.4, 0.5) is 13.2 Å². The lowest BCUT2D eigenvalue weighted by Gasteiger charge is -2.24. The SMILES string of the molecule is COc1cc(-c2cc3n(n2)CCCC3NC(=O)c2cc(Cl)cc(C(F)(F)F)c2)ccn1. The number of pyridine rings is 1. The largest absolute Gasteiger partial charge is 0.481 e. The first-order valence-corrected chi connectivity index (χ1v) is 9.89. The molecule has 0 radical (unpaired) electrons. The lowest BCUT2D eigenvalue weighted by Crippen LogP contribution is -2.32. The maximum atomic E-state index is 13.1. The number of carbonyl (C=O) groups excluding carboxylic acids is 1. The van der Waals surface area contributed by atoms with Gasteiger partial charge in [0.05, 0.1) is 30.1 Å². The van der Waals surface area contributed by atoms with E-state index in [2.05, 4.69) is 15.4 Å². The molecule has 6 nitrogen and oxygen atoms in total. The van der Waals surface area contributed by atoms with Crippen LogP contribution in [0.3, 0.4) is 0 Å². The summed E-state index contributed by atoms with van der Waals surface area (Å²) in [6.07, 6.45) is -1.57. The van der Waals surface area contributed by atoms with Crippen LogP contribution in [0.15, 0.2) is 42.6 Å². The van der Waals surface area contributed by atoms with Gasteiger partial charge >= 0.3 is 6.18 Å². The lowest BCUT2D eigenvalue weighted by atomic mass is 10.0. The molecule has 1 aliphatic heterocycles. The first kappa shape index (κ1) is 21.2. The third kappa shape index (κ3) is 4.51. The van der Waals surface area contributed by atoms with E-state index >= 15 is 0 Å². The van der Waals surface area contributed by atoms with Crippen LogP contribution < -0.4 is 10.1 Å². The van der Waals surface area contributed by atoms with Gasteiger partial charge in [0.2, 0.25) is 5.88 Å². The van der Waals surface area contributed by atoms with Gasteiger partial charge in [0.15, 0.2) is 0 Å². The first-order chi connectivity index (χ1) is 14.7. The molecule has 0 bridgehead atoms. The van der Waals surface area contributed by atoms with E-state index in [-0.39, 0.29) is 16.6 Å². The lowest BCUT2D eigenvalue weighted by molar-refractivity contribution is -0.137. The fraction of sp³-hybridized carbons (Fsp3) is 0.286. The van der Waals surface area contributed by atoms with Crippen LogP contribution in [0.2, 0.25) is 5.02 Å². The zero-order chi connectivity index (χ0) is 22.2. The summed E-state index contributed by atoms with van der Waals surface area (Å²) in [6, 6.07) is 7.85. The van der Waals surface area contributed by atoms with Crippen molar-refractivity contribution < 1.29 is 22.7 Å². The van der Waals surface area contributed by atoms with Gasteiger partial charge in [-0.15, -0.1) is 0 Å². The number of benzene rings is 1. The van der Waals surface area contributed by atoms with Gasteiger partial charge in [-0.3, -0.25) is 9.48 Å². The molecule has 3 heterocycles. The number of aryl methyl sites for hydroxylation is 1. The van der Waals surface area contributed by atoms with E-state index in [1.807, 2.05) is 6.07 Å². The molecule has 1 N–H and O–H groups in total. The van der Waals surface area contributed by atoms with Crippen molar-refractivity contribution in [2.75, 3.05) is 7.11 Å². The van der Waals surface area contributed by atoms with Gasteiger partial charge in [-0.05, 0) is 43.2 Å². The maximum Gasteiger partial charge on any atom is 0.416 e. The number of hydrogen-bond donors (Lipinski definition) is 1. The average Bonchev–Trinajstić information content (AvgIpc) is 3.18. The number of ether oxygens (including phenoxy) is 1. The summed E-state index contributed by atoms with van der Waals surface area (Å²) in [5, 5.41) is 7.27. The number of methoxy groups -OCH3 is 1. The number of amides is 1. The fourth-order valence-electron chi connectivity index (χ4n) is 3.58. The first-order valence-electron chi connectivity index (χ1n) is 9.51. The van der Waals surface area contributed by atoms with Crippen molar-refractivity contribution in [3.05, 3.63) is 64.4 Å². The maximum absolute atomic E-state index is 13.1. The van der Waals surface area contributed by atoms with Crippen LogP contribution in [0, 0.1) is 0 Å². The molecular formula is C21H18ClF3N4O2. The van der Waals surface area contributed by atoms with Crippen molar-refractivity contribution in [3.8, 4) is 17.1 Å². The molecule has 1 unspecified atom stereocenters. The summed E-state index contributed by atoms with van der Waals surface area (Å²) >= 11 is 5.81. The zero-order valence-corrected chi connectivity index (χ0v) is 17.2. The van der Waals surface area contributed by atoms with E-state index in [4.69, 9.17) is 16.3 Å². The molecule has 1 aliphatic rings. The highest BCUT2D eigenvalue weighted by Crippen LogP contribution is 2.33. The second-order valence-corrected chi connectivity index (χ2v) is 7.60. The number of alkyl halides is 3. The molecule has 0 spiro atoms. The smallest absolute Gasteiger partial charge is 0.416 e. The number of nitrogens with one attached hydrogen (secondary N) is 1. The van der Waals surface area contributed by atoms with Crippen molar-refractivity contribution in [2.45, 2.75) is 31.6 Å². The Morgan fingerprint density at radius 1 is 1.26 bits per heavy atom. The van der Waals surface area contributed by atoms with Crippen LogP contribution >= 0.6 is 11.6 Å². The van der Waals surface area contributed by atoms with E-state index in [0.717, 1.165) is 29.8 Å². The molecule has 1 aromatic carbocycles. The van der Waals surface area contributed by atoms with E-state index in [1.165, 1.54) is 13.2 Å². The summed E-state index contributed by atoms with van der Waals surface area (Å²) in [5.41, 5.74) is 1.18. The molecule has 1 atom stereocenters. The second-order valence-electron chi connectivity index (χ2n) is 7.16. The summed E-state index contributed by atoms with van der Waals surface area (Å²) in [6.45, 7) is 0.680. The number of carbonyl (C=O) groups is 1. The fourth-order valence-corrected chi connectivity index (χ4v) is 3.81. The molecule has 2 aromatic heterocycles. The van der Waals surface area contributed by atoms with Crippen LogP contribution in [-0.4, -0.2) is 27.8 Å². The molecule has 3 aromatic rings. The van der Waals surface area contributed by atoms with Crippen LogP contribution in [0.1, 0.15) is 40.5 Å². The molecule has 162 valence electrons. The molecule has 0 aliphatic carbocycles. The highest BCUT2D eigenvalue weighted by Gasteiger charge is 2.32. The summed E-state index contributed by atoms with van der Waals surface area (Å²) in [4.78, 5) is 16.8. The minimum absolute atomic E-state index is 0.143. The minimum atomic E-state index is -4.59. The topological polar surface area (TPSA) is 69.0 Å². The van der Waals surface area contributed by atoms with Crippen molar-refractivity contribution >= 4 is 17.5 Å². The number of halogens is 4. The number of nitrogens with zero attached hydrogens (tertiary/aromatic N) is 3. The molecule has 0 saturated carbocycles. The van der Waals surface area contributed by atoms with Gasteiger partial charge in [0.1, 0.15) is 0 Å². The Kier molecular flexibility index (Phi) is 5.62. The zero-order valence-electron chi connectivity index (χ0n) is 16.4. The third-order valence-electron chi connectivity index (χ3n) is 5.06. The quantitative estimate of drug-likeness (QED) is 0.614. The summed E-state index contributed by atoms with van der Waals surface area (Å²) in [7, 11) is 1.52. The van der Waals surface area contributed by atoms with Crippen LogP contribution in [0.5, 0.6) is 5.88 Å². The highest BCUT2D eigenvalue weighted by molar-refractivity contribution is 6.31. The number of fused-ring (bicyclic) bond motifs is 1. The third-order valence-corrected chi connectivity index (χ3v) is 5.28. The summed E-state index contributed by atoms with van der Waals surface area (Å²) in [5.74, 6) is -0.172. The van der Waals surface area contributed by atoms with Gasteiger partial charge in [-0.25, -0.2) is 4.98 Å². The van der Waals surface area contributed by atoms with Crippen molar-refractivity contribution in [1.82, 2.24) is 20.1 Å². The molecule has 1 amide bonds. The number of rotatable bonds is 4. The predicted octanol–water partition coefficient (Wildman–Crippen LogP) is 4.89. The Morgan fingerprint density at radius 2 is 2.06 bits per heavy atom. The monoisotopic (exact) mass is 450 g/mol. The van der Waals surface area contributed by atoms with Gasteiger partial charge in [-0.2, -0.15) is 18.3 Å². The average molecular weight is 451 g/mol. The van der Waals surface area contributed by atoms with Crippen LogP contribution in [0.25, 0.3) is 11.3 Å². The van der Waals surface area contributed by atoms with E-state index < -0.39 is 17.6 Å². The molecule has 0 saturated heterocycles. The molecule has 10 heteroatoms. The van der Waals surface area contributed by atoms with Gasteiger partial charge in [-0.1, -0.05) is 11.6 Å². The van der Waals surface area contributed by atoms with E-state index in [9.17, 15) is 18.0 Å². The van der Waals surface area contributed by atoms with Crippen molar-refractivity contribution in [2.24, 2.45) is 0 Å². The van der Waals surface area contributed by atoms with Crippen LogP contribution in [-0.2, 0) is 12.7 Å². The highest BCUT2D eigenvalue weighted by atomic mass is 35.5. The normalized spacial score (nSPS) is 16.0. The molecular weight excluding hydrogens is 433 g/mol. The standard InChI is InChI=1S/C21H18ClF3N4O2/c1-31-19-9-12(4-5-26-19)17-11-18-16(3-2-6-29(18)28-17)27-20(30)13-7-14(21(23,24)25)10-15(22)8-13/h4-5,7-11,16H,2-3,6H2,1H3,(H,27,30). The van der Waals surface area contributed by atoms with E-state index in [0.29, 0.717) is 24.5 Å². The summed E-state index contributed by atoms with van der Waals surface area (Å²) < 4.78 is 46.2.